The summed E-state index contributed by atoms with van der Waals surface area (Å²) in [6.45, 7) is 8.78. The van der Waals surface area contributed by atoms with Crippen molar-refractivity contribution in [2.45, 2.75) is 95.9 Å². The molecule has 0 aromatic carbocycles. The third-order valence-corrected chi connectivity index (χ3v) is 9.53. The number of amides is 1. The molecule has 1 heterocycles. The third kappa shape index (κ3) is 4.07. The molecule has 4 aliphatic carbocycles. The first kappa shape index (κ1) is 22.9. The van der Waals surface area contributed by atoms with Gasteiger partial charge in [-0.25, -0.2) is 0 Å². The summed E-state index contributed by atoms with van der Waals surface area (Å²) in [5.41, 5.74) is 6.56. The van der Waals surface area contributed by atoms with Gasteiger partial charge in [0.1, 0.15) is 0 Å². The number of allylic oxidation sites excluding steroid dienone is 2. The quantitative estimate of drug-likeness (QED) is 0.599. The number of fused-ring (bicyclic) bond motifs is 2. The van der Waals surface area contributed by atoms with Crippen LogP contribution in [0.15, 0.2) is 12.2 Å². The van der Waals surface area contributed by atoms with Gasteiger partial charge in [-0.05, 0) is 88.9 Å². The number of rotatable bonds is 7. The van der Waals surface area contributed by atoms with E-state index in [2.05, 4.69) is 37.8 Å². The number of carbonyl (C=O) groups is 1. The second-order valence-electron chi connectivity index (χ2n) is 11.6. The minimum atomic E-state index is -0.0389. The first-order valence-electron chi connectivity index (χ1n) is 13.4. The Labute approximate surface area is 194 Å². The number of hydrogen-bond donors (Lipinski definition) is 1. The molecule has 4 fully saturated rings. The minimum absolute atomic E-state index is 0.0350. The fraction of sp³-hybridized carbons (Fsp3) is 0.889. The lowest BCUT2D eigenvalue weighted by atomic mass is 9.62. The van der Waals surface area contributed by atoms with E-state index in [1.54, 1.807) is 0 Å². The Kier molecular flexibility index (Phi) is 6.45. The Morgan fingerprint density at radius 1 is 1.03 bits per heavy atom. The first-order valence-corrected chi connectivity index (χ1v) is 13.4. The highest BCUT2D eigenvalue weighted by atomic mass is 16.5. The highest BCUT2D eigenvalue weighted by molar-refractivity contribution is 5.83. The number of carbonyl (C=O) groups excluding carboxylic acids is 1. The maximum Gasteiger partial charge on any atom is 0.229 e. The molecule has 5 heteroatoms. The van der Waals surface area contributed by atoms with Crippen molar-refractivity contribution in [1.29, 1.82) is 0 Å². The average molecular weight is 445 g/mol. The molecular formula is C27H44N2O3. The van der Waals surface area contributed by atoms with Gasteiger partial charge < -0.3 is 20.1 Å². The predicted molar refractivity (Wildman–Crippen MR) is 126 cm³/mol. The van der Waals surface area contributed by atoms with Crippen LogP contribution in [0.2, 0.25) is 0 Å². The Morgan fingerprint density at radius 3 is 2.31 bits per heavy atom. The molecule has 2 N–H and O–H groups in total. The summed E-state index contributed by atoms with van der Waals surface area (Å²) in [6.07, 6.45) is 14.0. The van der Waals surface area contributed by atoms with Crippen molar-refractivity contribution in [3.8, 4) is 0 Å². The molecule has 1 saturated heterocycles. The molecular weight excluding hydrogens is 400 g/mol. The molecule has 5 rings (SSSR count). The highest BCUT2D eigenvalue weighted by Crippen LogP contribution is 2.51. The van der Waals surface area contributed by atoms with Crippen molar-refractivity contribution in [3.63, 3.8) is 0 Å². The summed E-state index contributed by atoms with van der Waals surface area (Å²) in [4.78, 5) is 16.2. The summed E-state index contributed by atoms with van der Waals surface area (Å²) < 4.78 is 12.8. The monoisotopic (exact) mass is 444 g/mol. The Morgan fingerprint density at radius 2 is 1.69 bits per heavy atom. The summed E-state index contributed by atoms with van der Waals surface area (Å²) in [5, 5.41) is 0. The third-order valence-electron chi connectivity index (χ3n) is 9.53. The fourth-order valence-corrected chi connectivity index (χ4v) is 7.93. The predicted octanol–water partition coefficient (Wildman–Crippen LogP) is 4.15. The first-order chi connectivity index (χ1) is 15.5. The Bertz CT molecular complexity index is 720. The van der Waals surface area contributed by atoms with Crippen molar-refractivity contribution in [3.05, 3.63) is 12.2 Å². The second kappa shape index (κ2) is 9.03. The molecule has 180 valence electrons. The molecule has 9 unspecified atom stereocenters. The standard InChI is InChI=1S/C27H44N2O3/c1-4-31-24-19-8-6-7-9-20(19)25(32-5-2)23-21(24)16-29(26(23)30)22-11-10-18(14-17(22)3)15-27(28)12-13-27/h6-7,17-25H,4-5,8-16,28H2,1-3H3. The molecule has 1 aliphatic heterocycles. The Balaban J connectivity index is 1.35. The summed E-state index contributed by atoms with van der Waals surface area (Å²) >= 11 is 0. The van der Waals surface area contributed by atoms with Gasteiger partial charge in [0.05, 0.1) is 18.1 Å². The van der Waals surface area contributed by atoms with Crippen LogP contribution in [0.5, 0.6) is 0 Å². The number of likely N-dealkylation sites (tertiary alicyclic amines) is 1. The zero-order valence-electron chi connectivity index (χ0n) is 20.4. The largest absolute Gasteiger partial charge is 0.378 e. The van der Waals surface area contributed by atoms with Gasteiger partial charge in [0.2, 0.25) is 5.91 Å². The van der Waals surface area contributed by atoms with E-state index < -0.39 is 0 Å². The molecule has 0 aromatic heterocycles. The lowest BCUT2D eigenvalue weighted by Gasteiger charge is -2.48. The average Bonchev–Trinajstić information content (AvgIpc) is 3.40. The number of nitrogens with two attached hydrogens (primary N) is 1. The molecule has 0 spiro atoms. The van der Waals surface area contributed by atoms with E-state index in [9.17, 15) is 4.79 Å². The Hall–Kier alpha value is -0.910. The zero-order valence-corrected chi connectivity index (χ0v) is 20.4. The molecule has 3 saturated carbocycles. The number of ether oxygens (including phenoxy) is 2. The lowest BCUT2D eigenvalue weighted by Crippen LogP contribution is -2.55. The van der Waals surface area contributed by atoms with Crippen LogP contribution in [0.25, 0.3) is 0 Å². The van der Waals surface area contributed by atoms with Crippen LogP contribution in [0.4, 0.5) is 0 Å². The molecule has 5 aliphatic rings. The van der Waals surface area contributed by atoms with Gasteiger partial charge in [0, 0.05) is 37.3 Å². The van der Waals surface area contributed by atoms with Gasteiger partial charge in [0.15, 0.2) is 0 Å². The van der Waals surface area contributed by atoms with Gasteiger partial charge >= 0.3 is 0 Å². The zero-order chi connectivity index (χ0) is 22.5. The summed E-state index contributed by atoms with van der Waals surface area (Å²) in [5.74, 6) is 2.71. The number of nitrogens with zero attached hydrogens (tertiary/aromatic N) is 1. The maximum atomic E-state index is 14.0. The van der Waals surface area contributed by atoms with Crippen LogP contribution in [-0.2, 0) is 14.3 Å². The molecule has 1 amide bonds. The van der Waals surface area contributed by atoms with E-state index in [1.807, 2.05) is 0 Å². The molecule has 5 nitrogen and oxygen atoms in total. The van der Waals surface area contributed by atoms with Crippen molar-refractivity contribution in [1.82, 2.24) is 4.90 Å². The lowest BCUT2D eigenvalue weighted by molar-refractivity contribution is -0.161. The minimum Gasteiger partial charge on any atom is -0.378 e. The van der Waals surface area contributed by atoms with Gasteiger partial charge in [-0.15, -0.1) is 0 Å². The van der Waals surface area contributed by atoms with Gasteiger partial charge in [-0.3, -0.25) is 4.79 Å². The molecule has 0 radical (unpaired) electrons. The molecule has 32 heavy (non-hydrogen) atoms. The van der Waals surface area contributed by atoms with E-state index in [-0.39, 0.29) is 29.6 Å². The van der Waals surface area contributed by atoms with Gasteiger partial charge in [0.25, 0.3) is 0 Å². The van der Waals surface area contributed by atoms with E-state index in [1.165, 1.54) is 32.1 Å². The van der Waals surface area contributed by atoms with Crippen molar-refractivity contribution in [2.75, 3.05) is 19.8 Å². The van der Waals surface area contributed by atoms with E-state index in [0.717, 1.165) is 38.3 Å². The van der Waals surface area contributed by atoms with Crippen molar-refractivity contribution >= 4 is 5.91 Å². The van der Waals surface area contributed by atoms with Crippen LogP contribution in [0.3, 0.4) is 0 Å². The van der Waals surface area contributed by atoms with Crippen LogP contribution in [0.1, 0.15) is 72.1 Å². The second-order valence-corrected chi connectivity index (χ2v) is 11.6. The van der Waals surface area contributed by atoms with Crippen LogP contribution in [-0.4, -0.2) is 54.4 Å². The molecule has 0 aromatic rings. The smallest absolute Gasteiger partial charge is 0.229 e. The maximum absolute atomic E-state index is 14.0. The summed E-state index contributed by atoms with van der Waals surface area (Å²) in [6, 6.07) is 0.363. The SMILES string of the molecule is CCOC1C2CC=CCC2C(OCC)C2C(=O)N(C3CCC(CC4(N)CC4)CC3C)CC12. The van der Waals surface area contributed by atoms with Crippen molar-refractivity contribution in [2.24, 2.45) is 41.2 Å². The van der Waals surface area contributed by atoms with Crippen LogP contribution in [0, 0.1) is 35.5 Å². The summed E-state index contributed by atoms with van der Waals surface area (Å²) in [7, 11) is 0. The van der Waals surface area contributed by atoms with Crippen LogP contribution >= 0.6 is 0 Å². The van der Waals surface area contributed by atoms with E-state index in [4.69, 9.17) is 15.2 Å². The van der Waals surface area contributed by atoms with Crippen LogP contribution < -0.4 is 5.73 Å². The van der Waals surface area contributed by atoms with Crippen molar-refractivity contribution < 1.29 is 14.3 Å². The molecule has 0 bridgehead atoms. The molecule has 9 atom stereocenters. The van der Waals surface area contributed by atoms with E-state index >= 15 is 0 Å². The highest BCUT2D eigenvalue weighted by Gasteiger charge is 2.59. The van der Waals surface area contributed by atoms with Gasteiger partial charge in [-0.1, -0.05) is 19.1 Å². The number of hydrogen-bond acceptors (Lipinski definition) is 4. The van der Waals surface area contributed by atoms with Gasteiger partial charge in [-0.2, -0.15) is 0 Å². The topological polar surface area (TPSA) is 64.8 Å². The van der Waals surface area contributed by atoms with E-state index in [0.29, 0.717) is 36.3 Å². The normalized spacial score (nSPS) is 44.9. The fourth-order valence-electron chi connectivity index (χ4n) is 7.93.